The standard InChI is InChI=1S/C34H31N3O4/c1-21-17-18-27(22(2)19-21)36-33(40)37-20-25(24-13-7-10-16-29(24)41-3)30(31(38)23-11-5-4-6-12-23)34(37)26-14-8-9-15-28(26)35-32(34)39/h4-19,25,30H,20H2,1-3H3,(H,35,39)(H,36,40). The molecule has 2 aliphatic rings. The van der Waals surface area contributed by atoms with Gasteiger partial charge in [0, 0.05) is 35.0 Å². The van der Waals surface area contributed by atoms with E-state index in [4.69, 9.17) is 4.74 Å². The predicted octanol–water partition coefficient (Wildman–Crippen LogP) is 6.29. The van der Waals surface area contributed by atoms with Crippen molar-refractivity contribution in [2.45, 2.75) is 25.3 Å². The quantitative estimate of drug-likeness (QED) is 0.289. The van der Waals surface area contributed by atoms with Crippen molar-refractivity contribution in [2.24, 2.45) is 5.92 Å². The molecule has 0 aliphatic carbocycles. The van der Waals surface area contributed by atoms with Crippen LogP contribution in [0.5, 0.6) is 5.75 Å². The van der Waals surface area contributed by atoms with E-state index in [1.165, 1.54) is 0 Å². The lowest BCUT2D eigenvalue weighted by Crippen LogP contribution is -2.55. The largest absolute Gasteiger partial charge is 0.496 e. The predicted molar refractivity (Wildman–Crippen MR) is 158 cm³/mol. The number of ether oxygens (including phenoxy) is 1. The number of urea groups is 1. The molecule has 4 aromatic carbocycles. The molecule has 41 heavy (non-hydrogen) atoms. The number of methoxy groups -OCH3 is 1. The normalized spacial score (nSPS) is 21.0. The highest BCUT2D eigenvalue weighted by atomic mass is 16.5. The fraction of sp³-hybridized carbons (Fsp3) is 0.206. The van der Waals surface area contributed by atoms with Gasteiger partial charge in [-0.1, -0.05) is 84.4 Å². The van der Waals surface area contributed by atoms with E-state index >= 15 is 0 Å². The van der Waals surface area contributed by atoms with Gasteiger partial charge >= 0.3 is 6.03 Å². The molecule has 1 saturated heterocycles. The summed E-state index contributed by atoms with van der Waals surface area (Å²) in [4.78, 5) is 44.7. The Kier molecular flexibility index (Phi) is 6.58. The second kappa shape index (κ2) is 10.2. The Balaban J connectivity index is 1.58. The van der Waals surface area contributed by atoms with Crippen LogP contribution in [0, 0.1) is 19.8 Å². The number of anilines is 2. The van der Waals surface area contributed by atoms with Crippen molar-refractivity contribution < 1.29 is 19.1 Å². The third-order valence-corrected chi connectivity index (χ3v) is 8.34. The lowest BCUT2D eigenvalue weighted by atomic mass is 9.70. The van der Waals surface area contributed by atoms with Crippen molar-refractivity contribution in [2.75, 3.05) is 24.3 Å². The summed E-state index contributed by atoms with van der Waals surface area (Å²) in [5, 5.41) is 6.04. The number of carbonyl (C=O) groups excluding carboxylic acids is 3. The molecule has 0 aromatic heterocycles. The lowest BCUT2D eigenvalue weighted by molar-refractivity contribution is -0.126. The van der Waals surface area contributed by atoms with Gasteiger partial charge in [-0.05, 0) is 43.2 Å². The van der Waals surface area contributed by atoms with Gasteiger partial charge in [-0.15, -0.1) is 0 Å². The Morgan fingerprint density at radius 2 is 1.63 bits per heavy atom. The van der Waals surface area contributed by atoms with Gasteiger partial charge in [0.05, 0.1) is 13.0 Å². The fourth-order valence-electron chi connectivity index (χ4n) is 6.53. The number of carbonyl (C=O) groups is 3. The van der Waals surface area contributed by atoms with Crippen LogP contribution in [0.15, 0.2) is 97.1 Å². The van der Waals surface area contributed by atoms with E-state index < -0.39 is 29.3 Å². The first-order valence-electron chi connectivity index (χ1n) is 13.6. The summed E-state index contributed by atoms with van der Waals surface area (Å²) >= 11 is 0. The average molecular weight is 546 g/mol. The minimum absolute atomic E-state index is 0.127. The lowest BCUT2D eigenvalue weighted by Gasteiger charge is -2.37. The van der Waals surface area contributed by atoms with Crippen LogP contribution in [-0.4, -0.2) is 36.3 Å². The second-order valence-electron chi connectivity index (χ2n) is 10.7. The van der Waals surface area contributed by atoms with E-state index in [0.717, 1.165) is 16.7 Å². The van der Waals surface area contributed by atoms with Gasteiger partial charge in [0.2, 0.25) is 0 Å². The number of para-hydroxylation sites is 2. The van der Waals surface area contributed by atoms with Gasteiger partial charge in [-0.2, -0.15) is 0 Å². The number of aryl methyl sites for hydroxylation is 2. The zero-order valence-corrected chi connectivity index (χ0v) is 23.2. The summed E-state index contributed by atoms with van der Waals surface area (Å²) in [5.41, 5.74) is 3.48. The van der Waals surface area contributed by atoms with Crippen LogP contribution in [0.25, 0.3) is 0 Å². The van der Waals surface area contributed by atoms with Crippen molar-refractivity contribution in [1.82, 2.24) is 4.90 Å². The number of benzene rings is 4. The molecule has 7 nitrogen and oxygen atoms in total. The van der Waals surface area contributed by atoms with Gasteiger partial charge in [-0.3, -0.25) is 9.59 Å². The topological polar surface area (TPSA) is 87.7 Å². The van der Waals surface area contributed by atoms with E-state index in [0.29, 0.717) is 28.3 Å². The number of fused-ring (bicyclic) bond motifs is 2. The molecule has 0 saturated carbocycles. The average Bonchev–Trinajstić information content (AvgIpc) is 3.50. The number of rotatable bonds is 5. The van der Waals surface area contributed by atoms with Crippen molar-refractivity contribution in [3.63, 3.8) is 0 Å². The molecule has 0 radical (unpaired) electrons. The highest BCUT2D eigenvalue weighted by Crippen LogP contribution is 2.57. The monoisotopic (exact) mass is 545 g/mol. The van der Waals surface area contributed by atoms with Crippen molar-refractivity contribution >= 4 is 29.1 Å². The van der Waals surface area contributed by atoms with Gasteiger partial charge in [0.15, 0.2) is 11.3 Å². The summed E-state index contributed by atoms with van der Waals surface area (Å²) in [6.07, 6.45) is 0. The molecule has 1 spiro atoms. The number of Topliss-reactive ketones (excluding diaryl/α,β-unsaturated/α-hetero) is 1. The molecule has 6 rings (SSSR count). The Hall–Kier alpha value is -4.91. The summed E-state index contributed by atoms with van der Waals surface area (Å²) in [6, 6.07) is 29.1. The van der Waals surface area contributed by atoms with Gasteiger partial charge < -0.3 is 20.3 Å². The van der Waals surface area contributed by atoms with Crippen LogP contribution in [0.2, 0.25) is 0 Å². The molecule has 2 N–H and O–H groups in total. The third-order valence-electron chi connectivity index (χ3n) is 8.34. The minimum atomic E-state index is -1.59. The second-order valence-corrected chi connectivity index (χ2v) is 10.7. The Morgan fingerprint density at radius 1 is 0.927 bits per heavy atom. The number of ketones is 1. The number of likely N-dealkylation sites (tertiary alicyclic amines) is 1. The number of amides is 3. The number of nitrogens with zero attached hydrogens (tertiary/aromatic N) is 1. The molecular weight excluding hydrogens is 514 g/mol. The summed E-state index contributed by atoms with van der Waals surface area (Å²) in [7, 11) is 1.58. The van der Waals surface area contributed by atoms with E-state index in [2.05, 4.69) is 10.6 Å². The molecule has 1 fully saturated rings. The molecule has 7 heteroatoms. The van der Waals surface area contributed by atoms with Crippen LogP contribution in [0.1, 0.15) is 38.5 Å². The molecule has 0 bridgehead atoms. The molecule has 3 amide bonds. The molecule has 3 unspecified atom stereocenters. The molecular formula is C34H31N3O4. The maximum atomic E-state index is 14.6. The molecule has 206 valence electrons. The van der Waals surface area contributed by atoms with E-state index in [-0.39, 0.29) is 12.3 Å². The summed E-state index contributed by atoms with van der Waals surface area (Å²) in [5.74, 6) is -1.46. The molecule has 2 aliphatic heterocycles. The first kappa shape index (κ1) is 26.3. The maximum Gasteiger partial charge on any atom is 0.323 e. The first-order valence-corrected chi connectivity index (χ1v) is 13.6. The highest BCUT2D eigenvalue weighted by Gasteiger charge is 2.67. The molecule has 2 heterocycles. The molecule has 4 aromatic rings. The summed E-state index contributed by atoms with van der Waals surface area (Å²) in [6.45, 7) is 4.05. The van der Waals surface area contributed by atoms with Crippen LogP contribution in [0.3, 0.4) is 0 Å². The zero-order chi connectivity index (χ0) is 28.7. The Labute approximate surface area is 239 Å². The van der Waals surface area contributed by atoms with E-state index in [1.54, 1.807) is 36.3 Å². The van der Waals surface area contributed by atoms with E-state index in [1.807, 2.05) is 86.6 Å². The van der Waals surface area contributed by atoms with Crippen LogP contribution in [0.4, 0.5) is 16.2 Å². The van der Waals surface area contributed by atoms with Crippen LogP contribution in [-0.2, 0) is 10.3 Å². The Bertz CT molecular complexity index is 1670. The van der Waals surface area contributed by atoms with Crippen molar-refractivity contribution in [3.05, 3.63) is 125 Å². The van der Waals surface area contributed by atoms with Gasteiger partial charge in [0.25, 0.3) is 5.91 Å². The SMILES string of the molecule is COc1ccccc1C1CN(C(=O)Nc2ccc(C)cc2C)C2(C(=O)Nc3ccccc32)C1C(=O)c1ccccc1. The van der Waals surface area contributed by atoms with Crippen molar-refractivity contribution in [1.29, 1.82) is 0 Å². The number of hydrogen-bond donors (Lipinski definition) is 2. The fourth-order valence-corrected chi connectivity index (χ4v) is 6.53. The first-order chi connectivity index (χ1) is 19.9. The smallest absolute Gasteiger partial charge is 0.323 e. The van der Waals surface area contributed by atoms with Crippen molar-refractivity contribution in [3.8, 4) is 5.75 Å². The number of nitrogens with one attached hydrogen (secondary N) is 2. The van der Waals surface area contributed by atoms with Gasteiger partial charge in [-0.25, -0.2) is 4.79 Å². The number of hydrogen-bond acceptors (Lipinski definition) is 4. The van der Waals surface area contributed by atoms with Crippen LogP contribution >= 0.6 is 0 Å². The highest BCUT2D eigenvalue weighted by molar-refractivity contribution is 6.14. The Morgan fingerprint density at radius 3 is 2.39 bits per heavy atom. The maximum absolute atomic E-state index is 14.6. The summed E-state index contributed by atoms with van der Waals surface area (Å²) < 4.78 is 5.73. The third kappa shape index (κ3) is 4.16. The zero-order valence-electron chi connectivity index (χ0n) is 23.2. The minimum Gasteiger partial charge on any atom is -0.496 e. The van der Waals surface area contributed by atoms with Gasteiger partial charge in [0.1, 0.15) is 5.75 Å². The van der Waals surface area contributed by atoms with Crippen LogP contribution < -0.4 is 15.4 Å². The molecule has 3 atom stereocenters. The van der Waals surface area contributed by atoms with E-state index in [9.17, 15) is 14.4 Å².